The highest BCUT2D eigenvalue weighted by atomic mass is 32.2. The molecule has 4 nitrogen and oxygen atoms in total. The van der Waals surface area contributed by atoms with E-state index < -0.39 is 11.2 Å². The minimum Gasteiger partial charge on any atom is -0.480 e. The molecule has 17 heavy (non-hydrogen) atoms. The van der Waals surface area contributed by atoms with E-state index >= 15 is 0 Å². The summed E-state index contributed by atoms with van der Waals surface area (Å²) in [5.74, 6) is -0.795. The third-order valence-electron chi connectivity index (χ3n) is 2.69. The third kappa shape index (κ3) is 3.70. The smallest absolute Gasteiger partial charge is 0.317 e. The van der Waals surface area contributed by atoms with Crippen molar-refractivity contribution in [3.8, 4) is 0 Å². The van der Waals surface area contributed by atoms with E-state index in [2.05, 4.69) is 9.97 Å². The SMILES string of the molecule is CCCC(Sc1nc(C)c(C)c(C)n1)C(=O)O. The maximum absolute atomic E-state index is 11.1. The molecule has 5 heteroatoms. The Morgan fingerprint density at radius 2 is 1.82 bits per heavy atom. The van der Waals surface area contributed by atoms with E-state index in [1.807, 2.05) is 27.7 Å². The zero-order chi connectivity index (χ0) is 13.0. The summed E-state index contributed by atoms with van der Waals surface area (Å²) >= 11 is 1.24. The molecule has 1 rings (SSSR count). The van der Waals surface area contributed by atoms with Crippen LogP contribution in [-0.4, -0.2) is 26.3 Å². The Morgan fingerprint density at radius 3 is 2.24 bits per heavy atom. The zero-order valence-corrected chi connectivity index (χ0v) is 11.5. The summed E-state index contributed by atoms with van der Waals surface area (Å²) < 4.78 is 0. The van der Waals surface area contributed by atoms with Crippen LogP contribution >= 0.6 is 11.8 Å². The molecule has 0 saturated heterocycles. The first-order valence-corrected chi connectivity index (χ1v) is 6.55. The molecule has 0 aliphatic carbocycles. The van der Waals surface area contributed by atoms with Crippen molar-refractivity contribution in [1.82, 2.24) is 9.97 Å². The number of thioether (sulfide) groups is 1. The van der Waals surface area contributed by atoms with Gasteiger partial charge in [0.2, 0.25) is 0 Å². The van der Waals surface area contributed by atoms with E-state index in [9.17, 15) is 4.79 Å². The molecule has 0 aliphatic rings. The normalized spacial score (nSPS) is 12.5. The van der Waals surface area contributed by atoms with Gasteiger partial charge in [0.15, 0.2) is 5.16 Å². The standard InChI is InChI=1S/C12H18N2O2S/c1-5-6-10(11(15)16)17-12-13-8(3)7(2)9(4)14-12/h10H,5-6H2,1-4H3,(H,15,16). The molecule has 0 amide bonds. The van der Waals surface area contributed by atoms with Gasteiger partial charge in [0.05, 0.1) is 0 Å². The molecule has 94 valence electrons. The maximum Gasteiger partial charge on any atom is 0.317 e. The van der Waals surface area contributed by atoms with Crippen LogP contribution in [0.15, 0.2) is 5.16 Å². The van der Waals surface area contributed by atoms with Crippen molar-refractivity contribution in [1.29, 1.82) is 0 Å². The number of carboxylic acid groups (broad SMARTS) is 1. The quantitative estimate of drug-likeness (QED) is 0.646. The Kier molecular flexibility index (Phi) is 4.93. The lowest BCUT2D eigenvalue weighted by Crippen LogP contribution is -2.16. The van der Waals surface area contributed by atoms with E-state index in [4.69, 9.17) is 5.11 Å². The van der Waals surface area contributed by atoms with Gasteiger partial charge in [0, 0.05) is 11.4 Å². The Labute approximate surface area is 106 Å². The second-order valence-electron chi connectivity index (χ2n) is 4.04. The average Bonchev–Trinajstić information content (AvgIpc) is 2.25. The molecule has 1 heterocycles. The highest BCUT2D eigenvalue weighted by Gasteiger charge is 2.19. The molecule has 1 aromatic rings. The van der Waals surface area contributed by atoms with Crippen molar-refractivity contribution in [2.45, 2.75) is 50.9 Å². The van der Waals surface area contributed by atoms with Gasteiger partial charge in [0.25, 0.3) is 0 Å². The Morgan fingerprint density at radius 1 is 1.29 bits per heavy atom. The summed E-state index contributed by atoms with van der Waals surface area (Å²) in [5, 5.41) is 9.19. The van der Waals surface area contributed by atoms with Gasteiger partial charge in [-0.25, -0.2) is 9.97 Å². The number of aromatic nitrogens is 2. The molecule has 1 N–H and O–H groups in total. The second kappa shape index (κ2) is 6.00. The van der Waals surface area contributed by atoms with E-state index in [0.717, 1.165) is 23.4 Å². The first kappa shape index (κ1) is 14.0. The fourth-order valence-electron chi connectivity index (χ4n) is 1.42. The molecule has 0 aliphatic heterocycles. The molecule has 0 radical (unpaired) electrons. The lowest BCUT2D eigenvalue weighted by atomic mass is 10.2. The van der Waals surface area contributed by atoms with Crippen molar-refractivity contribution in [2.75, 3.05) is 0 Å². The zero-order valence-electron chi connectivity index (χ0n) is 10.6. The van der Waals surface area contributed by atoms with Crippen LogP contribution < -0.4 is 0 Å². The number of aliphatic carboxylic acids is 1. The van der Waals surface area contributed by atoms with E-state index in [0.29, 0.717) is 11.6 Å². The number of carboxylic acids is 1. The summed E-state index contributed by atoms with van der Waals surface area (Å²) in [4.78, 5) is 19.7. The van der Waals surface area contributed by atoms with Crippen molar-refractivity contribution < 1.29 is 9.90 Å². The second-order valence-corrected chi connectivity index (χ2v) is 5.21. The predicted octanol–water partition coefficient (Wildman–Crippen LogP) is 2.75. The van der Waals surface area contributed by atoms with Gasteiger partial charge in [-0.05, 0) is 32.8 Å². The van der Waals surface area contributed by atoms with Crippen LogP contribution in [0.3, 0.4) is 0 Å². The van der Waals surface area contributed by atoms with Crippen LogP contribution in [-0.2, 0) is 4.79 Å². The fourth-order valence-corrected chi connectivity index (χ4v) is 2.50. The van der Waals surface area contributed by atoms with Crippen LogP contribution in [0, 0.1) is 20.8 Å². The maximum atomic E-state index is 11.1. The molecule has 1 unspecified atom stereocenters. The highest BCUT2D eigenvalue weighted by molar-refractivity contribution is 8.00. The average molecular weight is 254 g/mol. The van der Waals surface area contributed by atoms with Gasteiger partial charge in [-0.1, -0.05) is 25.1 Å². The molecule has 1 aromatic heterocycles. The molecule has 1 atom stereocenters. The summed E-state index contributed by atoms with van der Waals surface area (Å²) in [6, 6.07) is 0. The monoisotopic (exact) mass is 254 g/mol. The van der Waals surface area contributed by atoms with Gasteiger partial charge < -0.3 is 5.11 Å². The summed E-state index contributed by atoms with van der Waals surface area (Å²) in [6.07, 6.45) is 1.48. The molecule has 0 fully saturated rings. The molecular formula is C12H18N2O2S. The molecule has 0 saturated carbocycles. The third-order valence-corrected chi connectivity index (χ3v) is 3.80. The molecular weight excluding hydrogens is 236 g/mol. The van der Waals surface area contributed by atoms with E-state index in [-0.39, 0.29) is 0 Å². The van der Waals surface area contributed by atoms with Gasteiger partial charge in [-0.3, -0.25) is 4.79 Å². The van der Waals surface area contributed by atoms with Gasteiger partial charge in [0.1, 0.15) is 5.25 Å². The minimum absolute atomic E-state index is 0.457. The molecule has 0 spiro atoms. The minimum atomic E-state index is -0.795. The van der Waals surface area contributed by atoms with E-state index in [1.165, 1.54) is 11.8 Å². The van der Waals surface area contributed by atoms with E-state index in [1.54, 1.807) is 0 Å². The van der Waals surface area contributed by atoms with Crippen molar-refractivity contribution >= 4 is 17.7 Å². The lowest BCUT2D eigenvalue weighted by molar-refractivity contribution is -0.136. The first-order valence-electron chi connectivity index (χ1n) is 5.67. The van der Waals surface area contributed by atoms with Gasteiger partial charge in [-0.15, -0.1) is 0 Å². The summed E-state index contributed by atoms with van der Waals surface area (Å²) in [7, 11) is 0. The lowest BCUT2D eigenvalue weighted by Gasteiger charge is -2.11. The predicted molar refractivity (Wildman–Crippen MR) is 68.4 cm³/mol. The fraction of sp³-hybridized carbons (Fsp3) is 0.583. The molecule has 0 bridgehead atoms. The summed E-state index contributed by atoms with van der Waals surface area (Å²) in [5.41, 5.74) is 2.90. The number of carbonyl (C=O) groups is 1. The highest BCUT2D eigenvalue weighted by Crippen LogP contribution is 2.24. The first-order chi connectivity index (χ1) is 7.95. The van der Waals surface area contributed by atoms with Crippen LogP contribution in [0.2, 0.25) is 0 Å². The Bertz CT molecular complexity index is 398. The van der Waals surface area contributed by atoms with Gasteiger partial charge in [-0.2, -0.15) is 0 Å². The molecule has 0 aromatic carbocycles. The number of rotatable bonds is 5. The van der Waals surface area contributed by atoms with Gasteiger partial charge >= 0.3 is 5.97 Å². The number of aryl methyl sites for hydroxylation is 2. The van der Waals surface area contributed by atoms with Crippen LogP contribution in [0.4, 0.5) is 0 Å². The topological polar surface area (TPSA) is 63.1 Å². The Hall–Kier alpha value is -1.10. The van der Waals surface area contributed by atoms with Crippen molar-refractivity contribution in [2.24, 2.45) is 0 Å². The van der Waals surface area contributed by atoms with Crippen LogP contribution in [0.1, 0.15) is 36.7 Å². The van der Waals surface area contributed by atoms with Crippen molar-refractivity contribution in [3.05, 3.63) is 17.0 Å². The van der Waals surface area contributed by atoms with Crippen LogP contribution in [0.25, 0.3) is 0 Å². The van der Waals surface area contributed by atoms with Crippen molar-refractivity contribution in [3.63, 3.8) is 0 Å². The largest absolute Gasteiger partial charge is 0.480 e. The van der Waals surface area contributed by atoms with Crippen LogP contribution in [0.5, 0.6) is 0 Å². The number of hydrogen-bond donors (Lipinski definition) is 1. The summed E-state index contributed by atoms with van der Waals surface area (Å²) in [6.45, 7) is 7.79. The number of nitrogens with zero attached hydrogens (tertiary/aromatic N) is 2. The Balaban J connectivity index is 2.90. The number of hydrogen-bond acceptors (Lipinski definition) is 4.